The second kappa shape index (κ2) is 6.23. The molecule has 0 saturated carbocycles. The van der Waals surface area contributed by atoms with Gasteiger partial charge in [-0.25, -0.2) is 4.98 Å². The molecule has 0 spiro atoms. The summed E-state index contributed by atoms with van der Waals surface area (Å²) in [6, 6.07) is 2.98. The summed E-state index contributed by atoms with van der Waals surface area (Å²) in [6.45, 7) is 3.48. The van der Waals surface area contributed by atoms with Crippen molar-refractivity contribution in [2.45, 2.75) is 30.9 Å². The van der Waals surface area contributed by atoms with Crippen LogP contribution < -0.4 is 0 Å². The van der Waals surface area contributed by atoms with E-state index in [9.17, 15) is 15.2 Å². The maximum atomic E-state index is 10.7. The van der Waals surface area contributed by atoms with Gasteiger partial charge in [0.15, 0.2) is 5.03 Å². The van der Waals surface area contributed by atoms with E-state index in [2.05, 4.69) is 4.98 Å². The van der Waals surface area contributed by atoms with Gasteiger partial charge in [0.1, 0.15) is 0 Å². The van der Waals surface area contributed by atoms with E-state index in [1.165, 1.54) is 33.9 Å². The third kappa shape index (κ3) is 5.38. The Morgan fingerprint density at radius 3 is 2.88 bits per heavy atom. The van der Waals surface area contributed by atoms with Crippen molar-refractivity contribution in [2.24, 2.45) is 0 Å². The Balaban J connectivity index is 2.49. The number of nitro groups is 1. The average Bonchev–Trinajstić information content (AvgIpc) is 2.23. The van der Waals surface area contributed by atoms with Crippen LogP contribution in [0.1, 0.15) is 20.3 Å². The number of hydrogen-bond donors (Lipinski definition) is 1. The molecule has 0 fully saturated rings. The van der Waals surface area contributed by atoms with Gasteiger partial charge in [-0.05, 0) is 37.1 Å². The lowest BCUT2D eigenvalue weighted by atomic mass is 10.1. The Bertz CT molecular complexity index is 393. The first kappa shape index (κ1) is 14.3. The lowest BCUT2D eigenvalue weighted by Crippen LogP contribution is -2.18. The van der Waals surface area contributed by atoms with E-state index in [0.29, 0.717) is 17.2 Å². The van der Waals surface area contributed by atoms with E-state index in [0.717, 1.165) is 0 Å². The largest absolute Gasteiger partial charge is 0.390 e. The highest BCUT2D eigenvalue weighted by Gasteiger charge is 2.16. The summed E-state index contributed by atoms with van der Waals surface area (Å²) in [5, 5.41) is 20.6. The van der Waals surface area contributed by atoms with Crippen molar-refractivity contribution in [3.63, 3.8) is 0 Å². The normalized spacial score (nSPS) is 11.5. The van der Waals surface area contributed by atoms with Crippen LogP contribution in [0.5, 0.6) is 0 Å². The van der Waals surface area contributed by atoms with Gasteiger partial charge in [-0.1, -0.05) is 10.8 Å². The fourth-order valence-electron chi connectivity index (χ4n) is 0.974. The van der Waals surface area contributed by atoms with Crippen molar-refractivity contribution < 1.29 is 10.0 Å². The van der Waals surface area contributed by atoms with Crippen LogP contribution in [0.2, 0.25) is 0 Å². The second-order valence-corrected chi connectivity index (χ2v) is 6.46. The Kier molecular flexibility index (Phi) is 5.23. The molecule has 0 bridgehead atoms. The van der Waals surface area contributed by atoms with Crippen molar-refractivity contribution in [1.29, 1.82) is 0 Å². The van der Waals surface area contributed by atoms with Gasteiger partial charge in [0, 0.05) is 18.0 Å². The van der Waals surface area contributed by atoms with Crippen molar-refractivity contribution in [1.82, 2.24) is 4.98 Å². The molecule has 0 unspecified atom stereocenters. The molecule has 1 aromatic rings. The average molecular weight is 274 g/mol. The van der Waals surface area contributed by atoms with E-state index in [-0.39, 0.29) is 5.69 Å². The third-order valence-corrected chi connectivity index (χ3v) is 4.17. The van der Waals surface area contributed by atoms with Gasteiger partial charge in [-0.2, -0.15) is 0 Å². The number of nitrogens with zero attached hydrogens (tertiary/aromatic N) is 2. The van der Waals surface area contributed by atoms with Gasteiger partial charge in [-0.3, -0.25) is 10.1 Å². The van der Waals surface area contributed by atoms with Crippen molar-refractivity contribution >= 4 is 27.3 Å². The zero-order chi connectivity index (χ0) is 12.9. The van der Waals surface area contributed by atoms with Gasteiger partial charge in [0.2, 0.25) is 0 Å². The standard InChI is InChI=1S/C10H14N2O3S2/c1-10(2,13)5-7-16-17-9-8(12(14)15)4-3-6-11-9/h3-4,6,13H,5,7H2,1-2H3. The molecule has 94 valence electrons. The van der Waals surface area contributed by atoms with Gasteiger partial charge < -0.3 is 5.11 Å². The highest BCUT2D eigenvalue weighted by Crippen LogP contribution is 2.36. The number of aliphatic hydroxyl groups is 1. The Morgan fingerprint density at radius 2 is 2.29 bits per heavy atom. The molecule has 5 nitrogen and oxygen atoms in total. The first-order valence-corrected chi connectivity index (χ1v) is 7.33. The van der Waals surface area contributed by atoms with E-state index < -0.39 is 10.5 Å². The third-order valence-electron chi connectivity index (χ3n) is 1.88. The minimum atomic E-state index is -0.705. The molecule has 1 rings (SSSR count). The minimum Gasteiger partial charge on any atom is -0.390 e. The van der Waals surface area contributed by atoms with E-state index in [4.69, 9.17) is 0 Å². The fourth-order valence-corrected chi connectivity index (χ4v) is 3.30. The van der Waals surface area contributed by atoms with E-state index in [1.54, 1.807) is 19.9 Å². The van der Waals surface area contributed by atoms with Crippen LogP contribution in [0.3, 0.4) is 0 Å². The highest BCUT2D eigenvalue weighted by atomic mass is 33.1. The summed E-state index contributed by atoms with van der Waals surface area (Å²) in [5.41, 5.74) is -0.683. The molecule has 0 aliphatic rings. The molecule has 0 aromatic carbocycles. The number of pyridine rings is 1. The Labute approximate surface area is 108 Å². The van der Waals surface area contributed by atoms with Crippen LogP contribution in [0.15, 0.2) is 23.4 Å². The lowest BCUT2D eigenvalue weighted by molar-refractivity contribution is -0.388. The zero-order valence-electron chi connectivity index (χ0n) is 9.62. The molecule has 0 amide bonds. The molecule has 0 aliphatic carbocycles. The summed E-state index contributed by atoms with van der Waals surface area (Å²) < 4.78 is 0. The first-order valence-electron chi connectivity index (χ1n) is 5.01. The molecule has 1 N–H and O–H groups in total. The maximum Gasteiger partial charge on any atom is 0.302 e. The molecule has 1 heterocycles. The van der Waals surface area contributed by atoms with Crippen LogP contribution in [-0.4, -0.2) is 26.4 Å². The van der Waals surface area contributed by atoms with Gasteiger partial charge >= 0.3 is 5.69 Å². The Morgan fingerprint density at radius 1 is 1.59 bits per heavy atom. The zero-order valence-corrected chi connectivity index (χ0v) is 11.3. The highest BCUT2D eigenvalue weighted by molar-refractivity contribution is 8.76. The van der Waals surface area contributed by atoms with Gasteiger partial charge in [0.05, 0.1) is 10.5 Å². The smallest absolute Gasteiger partial charge is 0.302 e. The van der Waals surface area contributed by atoms with Crippen molar-refractivity contribution in [2.75, 3.05) is 5.75 Å². The van der Waals surface area contributed by atoms with Crippen LogP contribution >= 0.6 is 21.6 Å². The SMILES string of the molecule is CC(C)(O)CCSSc1ncccc1[N+](=O)[O-]. The molecule has 17 heavy (non-hydrogen) atoms. The van der Waals surface area contributed by atoms with Crippen molar-refractivity contribution in [3.05, 3.63) is 28.4 Å². The molecular weight excluding hydrogens is 260 g/mol. The second-order valence-electron chi connectivity index (χ2n) is 4.05. The molecule has 0 aliphatic heterocycles. The number of rotatable bonds is 6. The molecule has 1 aromatic heterocycles. The maximum absolute atomic E-state index is 10.7. The summed E-state index contributed by atoms with van der Waals surface area (Å²) in [4.78, 5) is 14.2. The summed E-state index contributed by atoms with van der Waals surface area (Å²) in [6.07, 6.45) is 2.16. The van der Waals surface area contributed by atoms with Crippen molar-refractivity contribution in [3.8, 4) is 0 Å². The molecular formula is C10H14N2O3S2. The summed E-state index contributed by atoms with van der Waals surface area (Å²) in [5.74, 6) is 0.710. The Hall–Kier alpha value is -0.790. The first-order chi connectivity index (χ1) is 7.90. The molecule has 0 saturated heterocycles. The number of aromatic nitrogens is 1. The molecule has 0 radical (unpaired) electrons. The van der Waals surface area contributed by atoms with E-state index in [1.807, 2.05) is 0 Å². The predicted molar refractivity (Wildman–Crippen MR) is 70.1 cm³/mol. The van der Waals surface area contributed by atoms with Crippen LogP contribution in [0.25, 0.3) is 0 Å². The predicted octanol–water partition coefficient (Wildman–Crippen LogP) is 2.89. The lowest BCUT2D eigenvalue weighted by Gasteiger charge is -2.15. The summed E-state index contributed by atoms with van der Waals surface area (Å²) in [7, 11) is 2.72. The monoisotopic (exact) mass is 274 g/mol. The van der Waals surface area contributed by atoms with Crippen LogP contribution in [0, 0.1) is 10.1 Å². The van der Waals surface area contributed by atoms with Gasteiger partial charge in [-0.15, -0.1) is 0 Å². The number of hydrogen-bond acceptors (Lipinski definition) is 6. The molecule has 0 atom stereocenters. The van der Waals surface area contributed by atoms with E-state index >= 15 is 0 Å². The molecule has 7 heteroatoms. The topological polar surface area (TPSA) is 76.3 Å². The minimum absolute atomic E-state index is 0.0215. The van der Waals surface area contributed by atoms with Crippen LogP contribution in [-0.2, 0) is 0 Å². The fraction of sp³-hybridized carbons (Fsp3) is 0.500. The quantitative estimate of drug-likeness (QED) is 0.372. The van der Waals surface area contributed by atoms with Crippen LogP contribution in [0.4, 0.5) is 5.69 Å². The van der Waals surface area contributed by atoms with Gasteiger partial charge in [0.25, 0.3) is 0 Å². The summed E-state index contributed by atoms with van der Waals surface area (Å²) >= 11 is 0.